The first-order valence-electron chi connectivity index (χ1n) is 18.0. The maximum absolute atomic E-state index is 6.15. The van der Waals surface area contributed by atoms with Gasteiger partial charge in [0, 0.05) is 55.0 Å². The van der Waals surface area contributed by atoms with Gasteiger partial charge >= 0.3 is 0 Å². The molecule has 6 aromatic carbocycles. The van der Waals surface area contributed by atoms with Crippen molar-refractivity contribution in [3.8, 4) is 11.4 Å². The van der Waals surface area contributed by atoms with E-state index in [1.54, 1.807) is 0 Å². The molecule has 252 valence electrons. The third kappa shape index (κ3) is 4.62. The molecule has 4 heterocycles. The SMILES string of the molecule is C=Cc1c(C=C)n(-c2ccc(-n3c4ccccc4c4cc5c6ccccc6n(C(/C=C\c6cc7ccccc7o6)=C/C)c5cc43)cc2)c2ccccc12. The molecule has 4 nitrogen and oxygen atoms in total. The Morgan fingerprint density at radius 1 is 0.547 bits per heavy atom. The molecule has 0 saturated carbocycles. The number of allylic oxidation sites excluding steroid dienone is 3. The van der Waals surface area contributed by atoms with Gasteiger partial charge in [-0.05, 0) is 91.9 Å². The van der Waals surface area contributed by atoms with E-state index in [4.69, 9.17) is 4.42 Å². The molecule has 0 spiro atoms. The van der Waals surface area contributed by atoms with Crippen molar-refractivity contribution >= 4 is 89.4 Å². The average molecular weight is 682 g/mol. The molecule has 0 N–H and O–H groups in total. The number of para-hydroxylation sites is 4. The van der Waals surface area contributed by atoms with Crippen LogP contribution in [-0.4, -0.2) is 13.7 Å². The molecule has 0 bridgehead atoms. The van der Waals surface area contributed by atoms with Crippen LogP contribution in [0.2, 0.25) is 0 Å². The highest BCUT2D eigenvalue weighted by Crippen LogP contribution is 2.40. The van der Waals surface area contributed by atoms with Crippen LogP contribution in [0.5, 0.6) is 0 Å². The zero-order chi connectivity index (χ0) is 35.6. The Balaban J connectivity index is 1.17. The summed E-state index contributed by atoms with van der Waals surface area (Å²) in [5, 5.41) is 7.15. The second kappa shape index (κ2) is 12.0. The zero-order valence-corrected chi connectivity index (χ0v) is 29.3. The fourth-order valence-electron chi connectivity index (χ4n) is 8.27. The number of hydrogen-bond acceptors (Lipinski definition) is 1. The number of furan rings is 1. The molecular weight excluding hydrogens is 647 g/mol. The minimum absolute atomic E-state index is 0.825. The standard InChI is InChI=1S/C49H35N3O/c1-4-33(27-28-36-29-32-15-7-14-22-49(32)53-36)50-45-20-12-9-17-39(45)41-30-42-40-18-10-13-21-46(40)52(48(42)31-47(41)50)35-25-23-34(24-26-35)51-43(6-3)37(5-2)38-16-8-11-19-44(38)51/h4-31H,2-3H2,1H3/b28-27-,33-4+. The van der Waals surface area contributed by atoms with E-state index < -0.39 is 0 Å². The van der Waals surface area contributed by atoms with Crippen molar-refractivity contribution in [2.75, 3.05) is 0 Å². The summed E-state index contributed by atoms with van der Waals surface area (Å²) in [4.78, 5) is 0. The number of nitrogens with zero attached hydrogens (tertiary/aromatic N) is 3. The van der Waals surface area contributed by atoms with Gasteiger partial charge in [-0.25, -0.2) is 0 Å². The number of rotatable bonds is 7. The van der Waals surface area contributed by atoms with E-state index in [9.17, 15) is 0 Å². The summed E-state index contributed by atoms with van der Waals surface area (Å²) in [5.41, 5.74) is 12.0. The van der Waals surface area contributed by atoms with Gasteiger partial charge in [0.25, 0.3) is 0 Å². The van der Waals surface area contributed by atoms with Crippen LogP contribution < -0.4 is 0 Å². The van der Waals surface area contributed by atoms with Crippen molar-refractivity contribution in [3.63, 3.8) is 0 Å². The molecule has 0 fully saturated rings. The van der Waals surface area contributed by atoms with E-state index in [1.807, 2.05) is 30.4 Å². The van der Waals surface area contributed by atoms with Crippen molar-refractivity contribution in [1.29, 1.82) is 0 Å². The summed E-state index contributed by atoms with van der Waals surface area (Å²) in [6.07, 6.45) is 10.2. The molecule has 0 saturated heterocycles. The summed E-state index contributed by atoms with van der Waals surface area (Å²) in [6.45, 7) is 10.4. The fourth-order valence-corrected chi connectivity index (χ4v) is 8.27. The van der Waals surface area contributed by atoms with Crippen LogP contribution in [0, 0.1) is 0 Å². The normalized spacial score (nSPS) is 12.4. The predicted molar refractivity (Wildman–Crippen MR) is 226 cm³/mol. The van der Waals surface area contributed by atoms with Crippen LogP contribution in [-0.2, 0) is 0 Å². The first-order valence-corrected chi connectivity index (χ1v) is 18.0. The Bertz CT molecular complexity index is 3120. The number of benzene rings is 6. The summed E-state index contributed by atoms with van der Waals surface area (Å²) in [5.74, 6) is 0.825. The lowest BCUT2D eigenvalue weighted by molar-refractivity contribution is 0.604. The third-order valence-electron chi connectivity index (χ3n) is 10.6. The van der Waals surface area contributed by atoms with Gasteiger partial charge in [-0.15, -0.1) is 0 Å². The number of aromatic nitrogens is 3. The van der Waals surface area contributed by atoms with Crippen molar-refractivity contribution in [2.45, 2.75) is 6.92 Å². The van der Waals surface area contributed by atoms with E-state index in [1.165, 1.54) is 27.1 Å². The van der Waals surface area contributed by atoms with Gasteiger partial charge in [0.1, 0.15) is 11.3 Å². The Hall–Kier alpha value is -7.04. The van der Waals surface area contributed by atoms with Gasteiger partial charge in [-0.3, -0.25) is 0 Å². The van der Waals surface area contributed by atoms with E-state index >= 15 is 0 Å². The average Bonchev–Trinajstić information content (AvgIpc) is 3.95. The largest absolute Gasteiger partial charge is 0.457 e. The molecule has 0 amide bonds. The Labute approximate surface area is 306 Å². The van der Waals surface area contributed by atoms with Crippen molar-refractivity contribution < 1.29 is 4.42 Å². The van der Waals surface area contributed by atoms with E-state index in [2.05, 4.69) is 173 Å². The quantitative estimate of drug-likeness (QED) is 0.154. The lowest BCUT2D eigenvalue weighted by atomic mass is 10.1. The molecule has 10 rings (SSSR count). The van der Waals surface area contributed by atoms with Gasteiger partial charge in [0.15, 0.2) is 0 Å². The van der Waals surface area contributed by atoms with Crippen LogP contribution in [0.1, 0.15) is 23.9 Å². The van der Waals surface area contributed by atoms with Gasteiger partial charge in [0.2, 0.25) is 0 Å². The molecule has 0 atom stereocenters. The summed E-state index contributed by atoms with van der Waals surface area (Å²) >= 11 is 0. The Morgan fingerprint density at radius 2 is 1.15 bits per heavy atom. The minimum atomic E-state index is 0.825. The summed E-state index contributed by atoms with van der Waals surface area (Å²) < 4.78 is 13.2. The van der Waals surface area contributed by atoms with Gasteiger partial charge in [-0.1, -0.05) is 98.1 Å². The van der Waals surface area contributed by atoms with E-state index in [0.717, 1.165) is 72.5 Å². The molecule has 0 aliphatic rings. The molecule has 0 aliphatic heterocycles. The van der Waals surface area contributed by atoms with Crippen LogP contribution in [0.15, 0.2) is 169 Å². The molecular formula is C49H35N3O. The van der Waals surface area contributed by atoms with Crippen LogP contribution in [0.25, 0.3) is 101 Å². The van der Waals surface area contributed by atoms with Crippen molar-refractivity contribution in [2.24, 2.45) is 0 Å². The molecule has 4 aromatic heterocycles. The van der Waals surface area contributed by atoms with Gasteiger partial charge in [0.05, 0.1) is 33.3 Å². The zero-order valence-electron chi connectivity index (χ0n) is 29.3. The highest BCUT2D eigenvalue weighted by atomic mass is 16.3. The van der Waals surface area contributed by atoms with Gasteiger partial charge < -0.3 is 18.1 Å². The van der Waals surface area contributed by atoms with Crippen LogP contribution in [0.3, 0.4) is 0 Å². The first-order chi connectivity index (χ1) is 26.2. The van der Waals surface area contributed by atoms with Gasteiger partial charge in [-0.2, -0.15) is 0 Å². The third-order valence-corrected chi connectivity index (χ3v) is 10.6. The Morgan fingerprint density at radius 3 is 1.85 bits per heavy atom. The second-order valence-electron chi connectivity index (χ2n) is 13.4. The molecule has 0 unspecified atom stereocenters. The topological polar surface area (TPSA) is 27.9 Å². The number of hydrogen-bond donors (Lipinski definition) is 0. The maximum atomic E-state index is 6.15. The highest BCUT2D eigenvalue weighted by molar-refractivity contribution is 6.19. The number of fused-ring (bicyclic) bond motifs is 8. The predicted octanol–water partition coefficient (Wildman–Crippen LogP) is 13.4. The monoisotopic (exact) mass is 681 g/mol. The minimum Gasteiger partial charge on any atom is -0.457 e. The fraction of sp³-hybridized carbons (Fsp3) is 0.0204. The summed E-state index contributed by atoms with van der Waals surface area (Å²) in [7, 11) is 0. The molecule has 10 aromatic rings. The van der Waals surface area contributed by atoms with Crippen LogP contribution >= 0.6 is 0 Å². The lowest BCUT2D eigenvalue weighted by Gasteiger charge is -2.13. The van der Waals surface area contributed by atoms with Crippen LogP contribution in [0.4, 0.5) is 0 Å². The molecule has 53 heavy (non-hydrogen) atoms. The van der Waals surface area contributed by atoms with E-state index in [0.29, 0.717) is 0 Å². The maximum Gasteiger partial charge on any atom is 0.134 e. The molecule has 0 radical (unpaired) electrons. The first kappa shape index (κ1) is 30.8. The Kier molecular flexibility index (Phi) is 6.99. The van der Waals surface area contributed by atoms with Crippen molar-refractivity contribution in [1.82, 2.24) is 13.7 Å². The molecule has 4 heteroatoms. The van der Waals surface area contributed by atoms with E-state index in [-0.39, 0.29) is 0 Å². The molecule has 0 aliphatic carbocycles. The second-order valence-corrected chi connectivity index (χ2v) is 13.4. The van der Waals surface area contributed by atoms with Crippen molar-refractivity contribution in [3.05, 3.63) is 182 Å². The smallest absolute Gasteiger partial charge is 0.134 e. The summed E-state index contributed by atoms with van der Waals surface area (Å²) in [6, 6.07) is 49.7. The highest BCUT2D eigenvalue weighted by Gasteiger charge is 2.19. The lowest BCUT2D eigenvalue weighted by Crippen LogP contribution is -1.99.